The van der Waals surface area contributed by atoms with Crippen LogP contribution in [-0.2, 0) is 9.59 Å². The molecule has 3 N–H and O–H groups in total. The minimum absolute atomic E-state index is 0.0664. The molecule has 1 unspecified atom stereocenters. The number of rotatable bonds is 9. The number of amides is 3. The second-order valence-corrected chi connectivity index (χ2v) is 9.24. The summed E-state index contributed by atoms with van der Waals surface area (Å²) in [5, 5.41) is 15.2. The minimum Gasteiger partial charge on any atom is -0.396 e. The molecule has 3 aromatic rings. The number of aromatic nitrogens is 1. The number of hydrogen-bond donors (Lipinski definition) is 3. The van der Waals surface area contributed by atoms with Crippen molar-refractivity contribution in [1.29, 1.82) is 0 Å². The molecular formula is C29H31FN4O4. The molecule has 0 saturated carbocycles. The van der Waals surface area contributed by atoms with Crippen molar-refractivity contribution >= 4 is 34.7 Å². The van der Waals surface area contributed by atoms with Crippen LogP contribution in [0.4, 0.5) is 4.39 Å². The summed E-state index contributed by atoms with van der Waals surface area (Å²) in [6, 6.07) is 14.0. The lowest BCUT2D eigenvalue weighted by Crippen LogP contribution is -2.49. The van der Waals surface area contributed by atoms with Crippen LogP contribution in [-0.4, -0.2) is 58.5 Å². The Kier molecular flexibility index (Phi) is 8.81. The Hall–Kier alpha value is -4.11. The third-order valence-electron chi connectivity index (χ3n) is 6.57. The van der Waals surface area contributed by atoms with E-state index in [1.165, 1.54) is 29.2 Å². The molecular weight excluding hydrogens is 487 g/mol. The molecule has 9 heteroatoms. The van der Waals surface area contributed by atoms with Crippen LogP contribution in [0.25, 0.3) is 17.0 Å². The first kappa shape index (κ1) is 26.9. The van der Waals surface area contributed by atoms with Crippen LogP contribution in [0.5, 0.6) is 0 Å². The van der Waals surface area contributed by atoms with E-state index in [0.29, 0.717) is 36.7 Å². The summed E-state index contributed by atoms with van der Waals surface area (Å²) < 4.78 is 13.4. The van der Waals surface area contributed by atoms with E-state index in [4.69, 9.17) is 5.11 Å². The van der Waals surface area contributed by atoms with E-state index in [1.807, 2.05) is 43.3 Å². The maximum absolute atomic E-state index is 13.4. The van der Waals surface area contributed by atoms with Crippen molar-refractivity contribution in [3.8, 4) is 0 Å². The normalized spacial score (nSPS) is 16.1. The number of likely N-dealkylation sites (tertiary alicyclic amines) is 1. The summed E-state index contributed by atoms with van der Waals surface area (Å²) in [4.78, 5) is 44.4. The van der Waals surface area contributed by atoms with E-state index in [-0.39, 0.29) is 42.5 Å². The largest absolute Gasteiger partial charge is 0.396 e. The second kappa shape index (κ2) is 12.4. The maximum atomic E-state index is 13.4. The second-order valence-electron chi connectivity index (χ2n) is 9.24. The highest BCUT2D eigenvalue weighted by Crippen LogP contribution is 2.22. The van der Waals surface area contributed by atoms with Crippen molar-refractivity contribution in [3.05, 3.63) is 83.3 Å². The third-order valence-corrected chi connectivity index (χ3v) is 6.57. The lowest BCUT2D eigenvalue weighted by Gasteiger charge is -2.26. The number of carbonyl (C=O) groups excluding carboxylic acids is 3. The molecule has 0 radical (unpaired) electrons. The number of aliphatic hydroxyl groups excluding tert-OH is 1. The number of carbonyl (C=O) groups is 3. The molecule has 2 aromatic carbocycles. The van der Waals surface area contributed by atoms with Crippen LogP contribution >= 0.6 is 0 Å². The van der Waals surface area contributed by atoms with Gasteiger partial charge < -0.3 is 20.6 Å². The number of benzene rings is 2. The Morgan fingerprint density at radius 3 is 2.82 bits per heavy atom. The van der Waals surface area contributed by atoms with Gasteiger partial charge in [0.25, 0.3) is 5.91 Å². The average Bonchev–Trinajstić information content (AvgIpc) is 3.42. The molecule has 3 amide bonds. The summed E-state index contributed by atoms with van der Waals surface area (Å²) in [6.07, 6.45) is 5.58. The highest BCUT2D eigenvalue weighted by atomic mass is 19.1. The van der Waals surface area contributed by atoms with Gasteiger partial charge in [-0.05, 0) is 61.6 Å². The van der Waals surface area contributed by atoms with Crippen LogP contribution in [0.2, 0.25) is 0 Å². The molecule has 4 rings (SSSR count). The quantitative estimate of drug-likeness (QED) is 0.402. The molecule has 1 fully saturated rings. The molecule has 1 saturated heterocycles. The first-order valence-corrected chi connectivity index (χ1v) is 12.7. The van der Waals surface area contributed by atoms with E-state index >= 15 is 0 Å². The highest BCUT2D eigenvalue weighted by Gasteiger charge is 2.34. The number of halogens is 1. The molecule has 1 aliphatic heterocycles. The van der Waals surface area contributed by atoms with Crippen LogP contribution in [0.3, 0.4) is 0 Å². The van der Waals surface area contributed by atoms with E-state index in [2.05, 4.69) is 15.6 Å². The fraction of sp³-hybridized carbons (Fsp3) is 0.310. The smallest absolute Gasteiger partial charge is 0.270 e. The molecule has 0 spiro atoms. The first-order valence-electron chi connectivity index (χ1n) is 12.7. The fourth-order valence-corrected chi connectivity index (χ4v) is 4.64. The van der Waals surface area contributed by atoms with Gasteiger partial charge in [-0.3, -0.25) is 14.4 Å². The zero-order chi connectivity index (χ0) is 27.1. The number of pyridine rings is 1. The fourth-order valence-electron chi connectivity index (χ4n) is 4.64. The molecule has 38 heavy (non-hydrogen) atoms. The SMILES string of the molecule is C[C@H](NC(=O)C1CCCN1C(=O)CNC(=O)c1ccc2cc(F)ccc2n1)c1ccccc1/C=C/CCO. The summed E-state index contributed by atoms with van der Waals surface area (Å²) in [6.45, 7) is 2.13. The molecule has 0 aliphatic carbocycles. The molecule has 2 atom stereocenters. The average molecular weight is 519 g/mol. The van der Waals surface area contributed by atoms with Crippen LogP contribution < -0.4 is 10.6 Å². The monoisotopic (exact) mass is 518 g/mol. The van der Waals surface area contributed by atoms with Gasteiger partial charge in [-0.2, -0.15) is 0 Å². The third kappa shape index (κ3) is 6.41. The zero-order valence-electron chi connectivity index (χ0n) is 21.2. The van der Waals surface area contributed by atoms with Gasteiger partial charge in [0, 0.05) is 18.5 Å². The molecule has 198 valence electrons. The summed E-state index contributed by atoms with van der Waals surface area (Å²) in [5.41, 5.74) is 2.47. The van der Waals surface area contributed by atoms with Crippen molar-refractivity contribution in [2.24, 2.45) is 0 Å². The van der Waals surface area contributed by atoms with Gasteiger partial charge in [0.05, 0.1) is 18.1 Å². The van der Waals surface area contributed by atoms with Crippen molar-refractivity contribution in [3.63, 3.8) is 0 Å². The Bertz CT molecular complexity index is 1360. The summed E-state index contributed by atoms with van der Waals surface area (Å²) in [5.74, 6) is -1.50. The van der Waals surface area contributed by atoms with E-state index < -0.39 is 11.9 Å². The van der Waals surface area contributed by atoms with Crippen molar-refractivity contribution in [2.75, 3.05) is 19.7 Å². The number of nitrogens with zero attached hydrogens (tertiary/aromatic N) is 2. The van der Waals surface area contributed by atoms with Gasteiger partial charge in [0.1, 0.15) is 17.6 Å². The van der Waals surface area contributed by atoms with Gasteiger partial charge in [-0.1, -0.05) is 42.5 Å². The molecule has 8 nitrogen and oxygen atoms in total. The van der Waals surface area contributed by atoms with E-state index in [9.17, 15) is 18.8 Å². The first-order chi connectivity index (χ1) is 18.4. The minimum atomic E-state index is -0.618. The predicted molar refractivity (Wildman–Crippen MR) is 143 cm³/mol. The Morgan fingerprint density at radius 2 is 2.00 bits per heavy atom. The zero-order valence-corrected chi connectivity index (χ0v) is 21.2. The number of hydrogen-bond acceptors (Lipinski definition) is 5. The van der Waals surface area contributed by atoms with Crippen molar-refractivity contribution in [2.45, 2.75) is 38.3 Å². The maximum Gasteiger partial charge on any atom is 0.270 e. The molecule has 1 aromatic heterocycles. The van der Waals surface area contributed by atoms with Crippen molar-refractivity contribution in [1.82, 2.24) is 20.5 Å². The van der Waals surface area contributed by atoms with Crippen LogP contribution in [0, 0.1) is 5.82 Å². The molecule has 0 bridgehead atoms. The van der Waals surface area contributed by atoms with Gasteiger partial charge in [0.2, 0.25) is 11.8 Å². The standard InChI is InChI=1S/C29H31FN4O4/c1-19(23-9-3-2-7-20(23)8-4-5-16-35)32-29(38)26-10-6-15-34(26)27(36)18-31-28(37)25-13-11-21-17-22(30)12-14-24(21)33-25/h2-4,7-9,11-14,17,19,26,35H,5-6,10,15-16,18H2,1H3,(H,31,37)(H,32,38)/b8-4+/t19-,26?/m0/s1. The lowest BCUT2D eigenvalue weighted by molar-refractivity contribution is -0.137. The topological polar surface area (TPSA) is 112 Å². The lowest BCUT2D eigenvalue weighted by atomic mass is 10.0. The predicted octanol–water partition coefficient (Wildman–Crippen LogP) is 3.37. The van der Waals surface area contributed by atoms with Gasteiger partial charge in [0.15, 0.2) is 0 Å². The molecule has 2 heterocycles. The number of nitrogens with one attached hydrogen (secondary N) is 2. The van der Waals surface area contributed by atoms with E-state index in [1.54, 1.807) is 6.07 Å². The Balaban J connectivity index is 1.35. The van der Waals surface area contributed by atoms with Gasteiger partial charge >= 0.3 is 0 Å². The Morgan fingerprint density at radius 1 is 1.18 bits per heavy atom. The Labute approximate surface area is 220 Å². The molecule has 1 aliphatic rings. The van der Waals surface area contributed by atoms with Gasteiger partial charge in [-0.25, -0.2) is 9.37 Å². The van der Waals surface area contributed by atoms with Crippen molar-refractivity contribution < 1.29 is 23.9 Å². The summed E-state index contributed by atoms with van der Waals surface area (Å²) in [7, 11) is 0. The number of fused-ring (bicyclic) bond motifs is 1. The van der Waals surface area contributed by atoms with Gasteiger partial charge in [-0.15, -0.1) is 0 Å². The number of aliphatic hydroxyl groups is 1. The van der Waals surface area contributed by atoms with E-state index in [0.717, 1.165) is 11.1 Å². The van der Waals surface area contributed by atoms with Crippen LogP contribution in [0.15, 0.2) is 60.7 Å². The summed E-state index contributed by atoms with van der Waals surface area (Å²) >= 11 is 0. The van der Waals surface area contributed by atoms with Crippen LogP contribution in [0.1, 0.15) is 53.8 Å². The highest BCUT2D eigenvalue weighted by molar-refractivity contribution is 5.97.